The van der Waals surface area contributed by atoms with Gasteiger partial charge in [-0.25, -0.2) is 4.39 Å². The summed E-state index contributed by atoms with van der Waals surface area (Å²) in [5, 5.41) is 0. The van der Waals surface area contributed by atoms with Crippen LogP contribution in [0.25, 0.3) is 0 Å². The van der Waals surface area contributed by atoms with Crippen molar-refractivity contribution in [3.8, 4) is 5.75 Å². The van der Waals surface area contributed by atoms with E-state index in [1.807, 2.05) is 24.3 Å². The molecule has 0 N–H and O–H groups in total. The van der Waals surface area contributed by atoms with Crippen molar-refractivity contribution in [3.05, 3.63) is 59.7 Å². The number of ether oxygens (including phenoxy) is 1. The Bertz CT molecular complexity index is 612. The van der Waals surface area contributed by atoms with Gasteiger partial charge in [0.2, 0.25) is 0 Å². The van der Waals surface area contributed by atoms with Gasteiger partial charge in [0.15, 0.2) is 5.78 Å². The Balaban J connectivity index is 1.96. The van der Waals surface area contributed by atoms with E-state index in [0.717, 1.165) is 17.5 Å². The second-order valence-corrected chi connectivity index (χ2v) is 4.16. The number of halogens is 1. The maximum Gasteiger partial charge on any atom is 0.175 e. The van der Waals surface area contributed by atoms with Crippen molar-refractivity contribution in [1.82, 2.24) is 4.98 Å². The van der Waals surface area contributed by atoms with Crippen LogP contribution in [0.3, 0.4) is 0 Å². The van der Waals surface area contributed by atoms with Crippen LogP contribution in [-0.4, -0.2) is 17.4 Å². The highest BCUT2D eigenvalue weighted by molar-refractivity contribution is 6.01. The molecule has 2 aromatic rings. The molecular formula is C14H10FNO2. The van der Waals surface area contributed by atoms with Crippen molar-refractivity contribution in [2.75, 3.05) is 6.61 Å². The molecule has 1 aromatic carbocycles. The summed E-state index contributed by atoms with van der Waals surface area (Å²) in [7, 11) is 0. The number of nitrogens with zero attached hydrogens (tertiary/aromatic N) is 1. The van der Waals surface area contributed by atoms with Gasteiger partial charge < -0.3 is 4.74 Å². The molecule has 0 saturated heterocycles. The zero-order chi connectivity index (χ0) is 12.5. The van der Waals surface area contributed by atoms with Crippen LogP contribution in [0.15, 0.2) is 42.7 Å². The Kier molecular flexibility index (Phi) is 2.55. The molecule has 0 bridgehead atoms. The largest absolute Gasteiger partial charge is 0.492 e. The van der Waals surface area contributed by atoms with Gasteiger partial charge >= 0.3 is 0 Å². The Hall–Kier alpha value is -2.23. The fourth-order valence-electron chi connectivity index (χ4n) is 2.13. The van der Waals surface area contributed by atoms with Gasteiger partial charge in [-0.3, -0.25) is 9.78 Å². The lowest BCUT2D eigenvalue weighted by atomic mass is 9.93. The minimum Gasteiger partial charge on any atom is -0.492 e. The van der Waals surface area contributed by atoms with Crippen LogP contribution >= 0.6 is 0 Å². The summed E-state index contributed by atoms with van der Waals surface area (Å²) in [6, 6.07) is 8.60. The Morgan fingerprint density at radius 1 is 1.33 bits per heavy atom. The van der Waals surface area contributed by atoms with Crippen LogP contribution < -0.4 is 4.74 Å². The predicted molar refractivity (Wildman–Crippen MR) is 63.2 cm³/mol. The number of ketones is 1. The van der Waals surface area contributed by atoms with E-state index in [1.165, 1.54) is 12.3 Å². The quantitative estimate of drug-likeness (QED) is 0.761. The molecule has 1 aliphatic rings. The molecule has 1 aliphatic heterocycles. The molecule has 0 fully saturated rings. The molecule has 0 saturated carbocycles. The molecular weight excluding hydrogens is 233 g/mol. The minimum absolute atomic E-state index is 0.160. The summed E-state index contributed by atoms with van der Waals surface area (Å²) in [4.78, 5) is 16.0. The highest BCUT2D eigenvalue weighted by atomic mass is 19.1. The van der Waals surface area contributed by atoms with Gasteiger partial charge in [-0.05, 0) is 12.1 Å². The van der Waals surface area contributed by atoms with Gasteiger partial charge in [0.25, 0.3) is 0 Å². The maximum absolute atomic E-state index is 13.1. The monoisotopic (exact) mass is 243 g/mol. The number of fused-ring (bicyclic) bond motifs is 1. The lowest BCUT2D eigenvalue weighted by Gasteiger charge is -2.07. The average Bonchev–Trinajstić information content (AvgIpc) is 2.82. The Labute approximate surface area is 103 Å². The number of Topliss-reactive ketones (excluding diaryl/α,β-unsaturated/α-hetero) is 1. The van der Waals surface area contributed by atoms with Crippen LogP contribution in [0.1, 0.15) is 21.8 Å². The number of hydrogen-bond donors (Lipinski definition) is 0. The topological polar surface area (TPSA) is 39.2 Å². The second-order valence-electron chi connectivity index (χ2n) is 4.16. The SMILES string of the molecule is O=C(c1cncc(F)c1)C1COc2ccccc21. The van der Waals surface area contributed by atoms with Crippen LogP contribution in [0.4, 0.5) is 4.39 Å². The van der Waals surface area contributed by atoms with Gasteiger partial charge in [-0.2, -0.15) is 0 Å². The molecule has 1 unspecified atom stereocenters. The maximum atomic E-state index is 13.1. The zero-order valence-corrected chi connectivity index (χ0v) is 9.47. The number of rotatable bonds is 2. The van der Waals surface area contributed by atoms with E-state index in [4.69, 9.17) is 4.74 Å². The number of aromatic nitrogens is 1. The summed E-state index contributed by atoms with van der Waals surface area (Å²) in [5.74, 6) is -0.315. The van der Waals surface area contributed by atoms with E-state index < -0.39 is 5.82 Å². The van der Waals surface area contributed by atoms with Gasteiger partial charge in [0, 0.05) is 17.3 Å². The fourth-order valence-corrected chi connectivity index (χ4v) is 2.13. The van der Waals surface area contributed by atoms with Crippen LogP contribution in [0.2, 0.25) is 0 Å². The van der Waals surface area contributed by atoms with Crippen molar-refractivity contribution in [2.24, 2.45) is 0 Å². The van der Waals surface area contributed by atoms with E-state index in [-0.39, 0.29) is 17.3 Å². The molecule has 3 rings (SSSR count). The first-order valence-electron chi connectivity index (χ1n) is 5.62. The first-order chi connectivity index (χ1) is 8.75. The molecule has 18 heavy (non-hydrogen) atoms. The summed E-state index contributed by atoms with van der Waals surface area (Å²) >= 11 is 0. The van der Waals surface area contributed by atoms with Gasteiger partial charge in [0.1, 0.15) is 18.2 Å². The first-order valence-corrected chi connectivity index (χ1v) is 5.62. The molecule has 0 amide bonds. The first kappa shape index (κ1) is 10.9. The van der Waals surface area contributed by atoms with E-state index in [2.05, 4.69) is 4.98 Å². The molecule has 0 radical (unpaired) electrons. The van der Waals surface area contributed by atoms with Crippen molar-refractivity contribution in [3.63, 3.8) is 0 Å². The van der Waals surface area contributed by atoms with Crippen molar-refractivity contribution < 1.29 is 13.9 Å². The lowest BCUT2D eigenvalue weighted by Crippen LogP contribution is -2.14. The van der Waals surface area contributed by atoms with Crippen LogP contribution in [-0.2, 0) is 0 Å². The summed E-state index contributed by atoms with van der Waals surface area (Å²) in [5.41, 5.74) is 1.13. The molecule has 3 nitrogen and oxygen atoms in total. The van der Waals surface area contributed by atoms with Crippen molar-refractivity contribution >= 4 is 5.78 Å². The number of hydrogen-bond acceptors (Lipinski definition) is 3. The molecule has 2 heterocycles. The summed E-state index contributed by atoms with van der Waals surface area (Å²) < 4.78 is 18.5. The van der Waals surface area contributed by atoms with E-state index in [1.54, 1.807) is 0 Å². The fraction of sp³-hybridized carbons (Fsp3) is 0.143. The summed E-state index contributed by atoms with van der Waals surface area (Å²) in [6.45, 7) is 0.300. The third-order valence-corrected chi connectivity index (χ3v) is 3.01. The van der Waals surface area contributed by atoms with Gasteiger partial charge in [-0.1, -0.05) is 18.2 Å². The molecule has 4 heteroatoms. The minimum atomic E-state index is -0.506. The smallest absolute Gasteiger partial charge is 0.175 e. The van der Waals surface area contributed by atoms with Crippen LogP contribution in [0, 0.1) is 5.82 Å². The number of benzene rings is 1. The molecule has 0 spiro atoms. The highest BCUT2D eigenvalue weighted by Gasteiger charge is 2.30. The summed E-state index contributed by atoms with van der Waals surface area (Å²) in [6.07, 6.45) is 2.46. The van der Waals surface area contributed by atoms with Gasteiger partial charge in [-0.15, -0.1) is 0 Å². The van der Waals surface area contributed by atoms with Crippen molar-refractivity contribution in [2.45, 2.75) is 5.92 Å². The van der Waals surface area contributed by atoms with E-state index in [9.17, 15) is 9.18 Å². The normalized spacial score (nSPS) is 17.1. The Morgan fingerprint density at radius 2 is 2.17 bits per heavy atom. The van der Waals surface area contributed by atoms with E-state index >= 15 is 0 Å². The number of carbonyl (C=O) groups is 1. The van der Waals surface area contributed by atoms with Gasteiger partial charge in [0.05, 0.1) is 12.1 Å². The third-order valence-electron chi connectivity index (χ3n) is 3.01. The number of pyridine rings is 1. The Morgan fingerprint density at radius 3 is 3.00 bits per heavy atom. The van der Waals surface area contributed by atoms with Crippen LogP contribution in [0.5, 0.6) is 5.75 Å². The highest BCUT2D eigenvalue weighted by Crippen LogP contribution is 2.35. The second kappa shape index (κ2) is 4.22. The average molecular weight is 243 g/mol. The molecule has 0 aliphatic carbocycles. The lowest BCUT2D eigenvalue weighted by molar-refractivity contribution is 0.0946. The number of carbonyl (C=O) groups excluding carboxylic acids is 1. The zero-order valence-electron chi connectivity index (χ0n) is 9.47. The predicted octanol–water partition coefficient (Wildman–Crippen LogP) is 2.58. The molecule has 90 valence electrons. The van der Waals surface area contributed by atoms with Crippen molar-refractivity contribution in [1.29, 1.82) is 0 Å². The standard InChI is InChI=1S/C14H10FNO2/c15-10-5-9(6-16-7-10)14(17)12-8-18-13-4-2-1-3-11(12)13/h1-7,12H,8H2. The molecule has 1 atom stereocenters. The van der Waals surface area contributed by atoms with E-state index in [0.29, 0.717) is 6.61 Å². The number of para-hydroxylation sites is 1. The third kappa shape index (κ3) is 1.76. The molecule has 1 aromatic heterocycles.